The van der Waals surface area contributed by atoms with Crippen molar-refractivity contribution in [2.24, 2.45) is 0 Å². The van der Waals surface area contributed by atoms with Gasteiger partial charge in [-0.3, -0.25) is 14.0 Å². The molecule has 0 atom stereocenters. The average Bonchev–Trinajstić information content (AvgIpc) is 2.61. The number of carbonyl (C=O) groups excluding carboxylic acids is 1. The summed E-state index contributed by atoms with van der Waals surface area (Å²) in [5.41, 5.74) is 0.770. The van der Waals surface area contributed by atoms with Gasteiger partial charge in [0.15, 0.2) is 5.56 Å². The molecule has 7 heteroatoms. The van der Waals surface area contributed by atoms with Gasteiger partial charge in [-0.25, -0.2) is 0 Å². The molecule has 0 bridgehead atoms. The Morgan fingerprint density at radius 3 is 2.80 bits per heavy atom. The maximum Gasteiger partial charge on any atom is 0.274 e. The molecule has 1 aromatic carbocycles. The fourth-order valence-electron chi connectivity index (χ4n) is 2.60. The van der Waals surface area contributed by atoms with Gasteiger partial charge in [0, 0.05) is 18.3 Å². The molecule has 3 rings (SSSR count). The van der Waals surface area contributed by atoms with Crippen molar-refractivity contribution in [3.8, 4) is 11.6 Å². The number of ether oxygens (including phenoxy) is 1. The molecule has 0 saturated heterocycles. The number of aromatic nitrogens is 2. The third kappa shape index (κ3) is 3.03. The van der Waals surface area contributed by atoms with E-state index >= 15 is 0 Å². The highest BCUT2D eigenvalue weighted by atomic mass is 16.5. The van der Waals surface area contributed by atoms with Crippen molar-refractivity contribution in [3.05, 3.63) is 69.6 Å². The first-order valence-electron chi connectivity index (χ1n) is 7.64. The van der Waals surface area contributed by atoms with Crippen LogP contribution >= 0.6 is 0 Å². The summed E-state index contributed by atoms with van der Waals surface area (Å²) in [6.07, 6.45) is 1.51. The number of amides is 1. The van der Waals surface area contributed by atoms with E-state index in [1.165, 1.54) is 17.7 Å². The number of nitrogens with one attached hydrogen (secondary N) is 1. The van der Waals surface area contributed by atoms with Crippen LogP contribution in [0.2, 0.25) is 0 Å². The Bertz CT molecular complexity index is 1010. The van der Waals surface area contributed by atoms with Crippen molar-refractivity contribution in [2.75, 3.05) is 7.11 Å². The highest BCUT2D eigenvalue weighted by molar-refractivity contribution is 5.96. The molecule has 0 fully saturated rings. The van der Waals surface area contributed by atoms with Gasteiger partial charge in [0.25, 0.3) is 11.5 Å². The van der Waals surface area contributed by atoms with Gasteiger partial charge >= 0.3 is 0 Å². The molecule has 1 amide bonds. The Kier molecular flexibility index (Phi) is 4.38. The van der Waals surface area contributed by atoms with Gasteiger partial charge in [-0.15, -0.1) is 0 Å². The lowest BCUT2D eigenvalue weighted by Gasteiger charge is -2.11. The zero-order valence-electron chi connectivity index (χ0n) is 13.8. The number of carbonyl (C=O) groups is 1. The number of hydrogen-bond acceptors (Lipinski definition) is 5. The minimum absolute atomic E-state index is 0.151. The third-order valence-corrected chi connectivity index (χ3v) is 3.89. The van der Waals surface area contributed by atoms with E-state index in [2.05, 4.69) is 10.3 Å². The lowest BCUT2D eigenvalue weighted by Crippen LogP contribution is -2.31. The van der Waals surface area contributed by atoms with Crippen molar-refractivity contribution >= 4 is 11.6 Å². The van der Waals surface area contributed by atoms with Crippen LogP contribution in [-0.4, -0.2) is 27.5 Å². The van der Waals surface area contributed by atoms with Crippen molar-refractivity contribution in [3.63, 3.8) is 0 Å². The number of pyridine rings is 1. The maximum atomic E-state index is 12.6. The summed E-state index contributed by atoms with van der Waals surface area (Å²) in [7, 11) is 1.54. The van der Waals surface area contributed by atoms with Crippen LogP contribution in [0.3, 0.4) is 0 Å². The highest BCUT2D eigenvalue weighted by Gasteiger charge is 2.20. The number of fused-ring (bicyclic) bond motifs is 1. The summed E-state index contributed by atoms with van der Waals surface area (Å²) >= 11 is 0. The molecule has 0 spiro atoms. The predicted molar refractivity (Wildman–Crippen MR) is 92.0 cm³/mol. The zero-order valence-corrected chi connectivity index (χ0v) is 13.8. The molecule has 3 aromatic rings. The normalized spacial score (nSPS) is 10.6. The van der Waals surface area contributed by atoms with Crippen LogP contribution in [0.5, 0.6) is 11.6 Å². The third-order valence-electron chi connectivity index (χ3n) is 3.89. The van der Waals surface area contributed by atoms with Gasteiger partial charge in [0.2, 0.25) is 5.88 Å². The van der Waals surface area contributed by atoms with Crippen LogP contribution < -0.4 is 15.6 Å². The first kappa shape index (κ1) is 16.5. The van der Waals surface area contributed by atoms with Gasteiger partial charge in [0.1, 0.15) is 11.4 Å². The zero-order chi connectivity index (χ0) is 18.0. The van der Waals surface area contributed by atoms with Crippen LogP contribution in [0, 0.1) is 6.92 Å². The van der Waals surface area contributed by atoms with Crippen molar-refractivity contribution in [1.82, 2.24) is 14.7 Å². The van der Waals surface area contributed by atoms with Crippen LogP contribution in [0.15, 0.2) is 47.4 Å². The topological polar surface area (TPSA) is 92.9 Å². The van der Waals surface area contributed by atoms with Gasteiger partial charge in [-0.1, -0.05) is 24.3 Å². The van der Waals surface area contributed by atoms with E-state index in [0.717, 1.165) is 11.1 Å². The number of aryl methyl sites for hydroxylation is 1. The minimum Gasteiger partial charge on any atom is -0.496 e. The Balaban J connectivity index is 1.94. The molecule has 2 heterocycles. The lowest BCUT2D eigenvalue weighted by molar-refractivity contribution is 0.0945. The van der Waals surface area contributed by atoms with E-state index in [0.29, 0.717) is 11.4 Å². The van der Waals surface area contributed by atoms with E-state index in [-0.39, 0.29) is 6.54 Å². The van der Waals surface area contributed by atoms with Crippen LogP contribution in [-0.2, 0) is 6.54 Å². The molecule has 2 N–H and O–H groups in total. The first-order valence-corrected chi connectivity index (χ1v) is 7.64. The summed E-state index contributed by atoms with van der Waals surface area (Å²) in [5.74, 6) is -0.662. The second kappa shape index (κ2) is 6.64. The number of aromatic hydroxyl groups is 1. The van der Waals surface area contributed by atoms with E-state index in [1.54, 1.807) is 31.2 Å². The van der Waals surface area contributed by atoms with E-state index in [9.17, 15) is 14.7 Å². The predicted octanol–water partition coefficient (Wildman–Crippen LogP) is 1.65. The van der Waals surface area contributed by atoms with Crippen LogP contribution in [0.4, 0.5) is 0 Å². The van der Waals surface area contributed by atoms with Crippen molar-refractivity contribution in [1.29, 1.82) is 0 Å². The summed E-state index contributed by atoms with van der Waals surface area (Å²) in [4.78, 5) is 29.0. The standard InChI is InChI=1S/C18H17N3O4/c1-11-6-5-9-21-15(11)20-17(23)14(18(21)24)16(22)19-10-12-7-3-4-8-13(12)25-2/h3-9,23H,10H2,1-2H3,(H,19,22). The maximum absolute atomic E-state index is 12.6. The molecule has 25 heavy (non-hydrogen) atoms. The molecule has 7 nitrogen and oxygen atoms in total. The molecule has 128 valence electrons. The minimum atomic E-state index is -0.697. The molecule has 0 unspecified atom stereocenters. The summed E-state index contributed by atoms with van der Waals surface area (Å²) in [5, 5.41) is 12.7. The summed E-state index contributed by atoms with van der Waals surface area (Å²) in [6, 6.07) is 10.7. The smallest absolute Gasteiger partial charge is 0.274 e. The van der Waals surface area contributed by atoms with Crippen molar-refractivity contribution < 1.29 is 14.6 Å². The molecular formula is C18H17N3O4. The number of para-hydroxylation sites is 1. The average molecular weight is 339 g/mol. The van der Waals surface area contributed by atoms with Crippen LogP contribution in [0.1, 0.15) is 21.5 Å². The molecule has 0 saturated carbocycles. The van der Waals surface area contributed by atoms with Gasteiger partial charge in [-0.05, 0) is 24.6 Å². The van der Waals surface area contributed by atoms with Crippen LogP contribution in [0.25, 0.3) is 5.65 Å². The lowest BCUT2D eigenvalue weighted by atomic mass is 10.2. The largest absolute Gasteiger partial charge is 0.496 e. The monoisotopic (exact) mass is 339 g/mol. The SMILES string of the molecule is COc1ccccc1CNC(=O)c1c(O)nc2c(C)cccn2c1=O. The summed E-state index contributed by atoms with van der Waals surface area (Å²) in [6.45, 7) is 1.92. The number of hydrogen-bond donors (Lipinski definition) is 2. The van der Waals surface area contributed by atoms with E-state index < -0.39 is 22.9 Å². The van der Waals surface area contributed by atoms with E-state index in [4.69, 9.17) is 4.74 Å². The van der Waals surface area contributed by atoms with E-state index in [1.807, 2.05) is 12.1 Å². The van der Waals surface area contributed by atoms with Gasteiger partial charge < -0.3 is 15.2 Å². The molecule has 0 aliphatic rings. The number of rotatable bonds is 4. The Hall–Kier alpha value is -3.35. The fraction of sp³-hybridized carbons (Fsp3) is 0.167. The second-order valence-electron chi connectivity index (χ2n) is 5.49. The molecule has 0 radical (unpaired) electrons. The Labute approximate surface area is 143 Å². The summed E-state index contributed by atoms with van der Waals surface area (Å²) < 4.78 is 6.47. The Morgan fingerprint density at radius 1 is 1.28 bits per heavy atom. The highest BCUT2D eigenvalue weighted by Crippen LogP contribution is 2.18. The first-order chi connectivity index (χ1) is 12.0. The fourth-order valence-corrected chi connectivity index (χ4v) is 2.60. The number of methoxy groups -OCH3 is 1. The molecule has 2 aromatic heterocycles. The number of nitrogens with zero attached hydrogens (tertiary/aromatic N) is 2. The Morgan fingerprint density at radius 2 is 2.04 bits per heavy atom. The number of benzene rings is 1. The molecule has 0 aliphatic heterocycles. The van der Waals surface area contributed by atoms with Gasteiger partial charge in [0.05, 0.1) is 7.11 Å². The second-order valence-corrected chi connectivity index (χ2v) is 5.49. The molecular weight excluding hydrogens is 322 g/mol. The van der Waals surface area contributed by atoms with Gasteiger partial charge in [-0.2, -0.15) is 4.98 Å². The quantitative estimate of drug-likeness (QED) is 0.754. The molecule has 0 aliphatic carbocycles. The van der Waals surface area contributed by atoms with Crippen molar-refractivity contribution in [2.45, 2.75) is 13.5 Å².